The van der Waals surface area contributed by atoms with E-state index in [9.17, 15) is 9.18 Å². The number of halogens is 1. The molecule has 0 amide bonds. The van der Waals surface area contributed by atoms with Gasteiger partial charge in [0.25, 0.3) is 0 Å². The van der Waals surface area contributed by atoms with Gasteiger partial charge in [-0.1, -0.05) is 0 Å². The maximum absolute atomic E-state index is 14.7. The molecule has 0 radical (unpaired) electrons. The number of benzene rings is 1. The molecule has 2 fully saturated rings. The molecule has 3 N–H and O–H groups in total. The number of aryl methyl sites for hydroxylation is 1. The molecule has 1 aromatic carbocycles. The Kier molecular flexibility index (Phi) is 7.29. The van der Waals surface area contributed by atoms with Crippen LogP contribution in [0.2, 0.25) is 0 Å². The van der Waals surface area contributed by atoms with Crippen molar-refractivity contribution in [3.05, 3.63) is 40.7 Å². The Morgan fingerprint density at radius 3 is 2.51 bits per heavy atom. The molecule has 0 spiro atoms. The van der Waals surface area contributed by atoms with E-state index in [1.54, 1.807) is 18.2 Å². The average Bonchev–Trinajstić information content (AvgIpc) is 3.19. The van der Waals surface area contributed by atoms with E-state index >= 15 is 0 Å². The molecule has 0 aliphatic carbocycles. The van der Waals surface area contributed by atoms with Crippen LogP contribution in [-0.2, 0) is 11.8 Å². The summed E-state index contributed by atoms with van der Waals surface area (Å²) >= 11 is 0. The molecule has 0 atom stereocenters. The lowest BCUT2D eigenvalue weighted by molar-refractivity contribution is 0.0255. The number of hydrogen-bond donors (Lipinski definition) is 3. The number of anilines is 3. The zero-order chi connectivity index (χ0) is 27.8. The monoisotopic (exact) mass is 541 g/mol. The van der Waals surface area contributed by atoms with Gasteiger partial charge in [0.1, 0.15) is 17.5 Å². The van der Waals surface area contributed by atoms with Gasteiger partial charge in [0.2, 0.25) is 5.95 Å². The summed E-state index contributed by atoms with van der Waals surface area (Å²) < 4.78 is 28.7. The van der Waals surface area contributed by atoms with Crippen LogP contribution in [0, 0.1) is 5.82 Å². The van der Waals surface area contributed by atoms with E-state index in [1.165, 1.54) is 11.7 Å². The van der Waals surface area contributed by atoms with Crippen molar-refractivity contribution >= 4 is 17.5 Å². The van der Waals surface area contributed by atoms with Gasteiger partial charge in [0, 0.05) is 42.7 Å². The number of ether oxygens (including phenoxy) is 2. The number of rotatable bonds is 7. The second kappa shape index (κ2) is 10.5. The number of aromatic nitrogens is 6. The Hall–Kier alpha value is -3.58. The van der Waals surface area contributed by atoms with Crippen LogP contribution in [-0.4, -0.2) is 66.2 Å². The maximum atomic E-state index is 14.7. The zero-order valence-electron chi connectivity index (χ0n) is 23.0. The van der Waals surface area contributed by atoms with Gasteiger partial charge in [-0.2, -0.15) is 14.3 Å². The lowest BCUT2D eigenvalue weighted by atomic mass is 9.79. The Labute approximate surface area is 226 Å². The summed E-state index contributed by atoms with van der Waals surface area (Å²) in [7, 11) is 1.53. The molecule has 0 saturated carbocycles. The molecule has 3 aromatic rings. The van der Waals surface area contributed by atoms with Crippen molar-refractivity contribution in [2.45, 2.75) is 76.6 Å². The molecule has 0 unspecified atom stereocenters. The second-order valence-corrected chi connectivity index (χ2v) is 11.6. The van der Waals surface area contributed by atoms with Crippen molar-refractivity contribution < 1.29 is 13.9 Å². The number of piperidine rings is 1. The number of hydrogen-bond acceptors (Lipinski definition) is 10. The highest BCUT2D eigenvalue weighted by atomic mass is 19.1. The molecule has 2 aromatic heterocycles. The van der Waals surface area contributed by atoms with Crippen molar-refractivity contribution in [2.75, 3.05) is 23.8 Å². The number of tetrazole rings is 1. The van der Waals surface area contributed by atoms with E-state index in [2.05, 4.69) is 64.0 Å². The number of nitrogens with zero attached hydrogens (tertiary/aromatic N) is 6. The summed E-state index contributed by atoms with van der Waals surface area (Å²) in [4.78, 5) is 21.2. The summed E-state index contributed by atoms with van der Waals surface area (Å²) in [6.07, 6.45) is 4.23. The van der Waals surface area contributed by atoms with Gasteiger partial charge < -0.3 is 25.4 Å². The van der Waals surface area contributed by atoms with Crippen LogP contribution < -0.4 is 26.4 Å². The minimum atomic E-state index is -0.526. The van der Waals surface area contributed by atoms with E-state index in [0.717, 1.165) is 36.6 Å². The van der Waals surface area contributed by atoms with Gasteiger partial charge in [0.15, 0.2) is 11.6 Å². The normalized spacial score (nSPS) is 19.5. The molecule has 4 heterocycles. The Morgan fingerprint density at radius 1 is 1.13 bits per heavy atom. The highest BCUT2D eigenvalue weighted by Gasteiger charge is 2.38. The van der Waals surface area contributed by atoms with Gasteiger partial charge in [-0.25, -0.2) is 14.2 Å². The third-order valence-electron chi connectivity index (χ3n) is 6.90. The first-order chi connectivity index (χ1) is 18.5. The molecular weight excluding hydrogens is 505 g/mol. The van der Waals surface area contributed by atoms with Crippen LogP contribution in [0.1, 0.15) is 53.4 Å². The molecule has 2 aliphatic heterocycles. The van der Waals surface area contributed by atoms with Crippen LogP contribution in [0.4, 0.5) is 21.8 Å². The fraction of sp³-hybridized carbons (Fsp3) is 0.577. The summed E-state index contributed by atoms with van der Waals surface area (Å²) in [5, 5.41) is 17.9. The van der Waals surface area contributed by atoms with Gasteiger partial charge in [-0.3, -0.25) is 0 Å². The van der Waals surface area contributed by atoms with Crippen molar-refractivity contribution in [3.8, 4) is 11.4 Å². The van der Waals surface area contributed by atoms with E-state index < -0.39 is 11.5 Å². The molecule has 12 nitrogen and oxygen atoms in total. The minimum absolute atomic E-state index is 0.0326. The molecule has 13 heteroatoms. The SMILES string of the molecule is Cn1nnn(-c2cc(Nc3ncc(F)c(NC4CC(C)(C)NC(C)(C)C4)n3)ccc2OC2CCOCC2)c1=O. The van der Waals surface area contributed by atoms with Crippen LogP contribution in [0.3, 0.4) is 0 Å². The highest BCUT2D eigenvalue weighted by molar-refractivity contribution is 5.62. The Morgan fingerprint density at radius 2 is 1.85 bits per heavy atom. The number of nitrogens with one attached hydrogen (secondary N) is 3. The molecule has 2 saturated heterocycles. The van der Waals surface area contributed by atoms with Crippen LogP contribution >= 0.6 is 0 Å². The lowest BCUT2D eigenvalue weighted by Crippen LogP contribution is -2.60. The second-order valence-electron chi connectivity index (χ2n) is 11.6. The van der Waals surface area contributed by atoms with Crippen LogP contribution in [0.15, 0.2) is 29.2 Å². The Balaban J connectivity index is 1.40. The first-order valence-corrected chi connectivity index (χ1v) is 13.2. The van der Waals surface area contributed by atoms with Crippen molar-refractivity contribution in [3.63, 3.8) is 0 Å². The molecular formula is C26H36FN9O3. The maximum Gasteiger partial charge on any atom is 0.368 e. The predicted molar refractivity (Wildman–Crippen MR) is 144 cm³/mol. The fourth-order valence-corrected chi connectivity index (χ4v) is 5.57. The van der Waals surface area contributed by atoms with E-state index in [4.69, 9.17) is 9.47 Å². The topological polar surface area (TPSA) is 133 Å². The molecule has 2 aliphatic rings. The summed E-state index contributed by atoms with van der Waals surface area (Å²) in [5.41, 5.74) is 0.370. The van der Waals surface area contributed by atoms with Gasteiger partial charge in [-0.05, 0) is 69.2 Å². The van der Waals surface area contributed by atoms with Crippen molar-refractivity contribution in [2.24, 2.45) is 7.05 Å². The van der Waals surface area contributed by atoms with Crippen LogP contribution in [0.25, 0.3) is 5.69 Å². The average molecular weight is 542 g/mol. The third-order valence-corrected chi connectivity index (χ3v) is 6.90. The van der Waals surface area contributed by atoms with Gasteiger partial charge in [-0.15, -0.1) is 0 Å². The molecule has 210 valence electrons. The molecule has 39 heavy (non-hydrogen) atoms. The van der Waals surface area contributed by atoms with Crippen molar-refractivity contribution in [1.82, 2.24) is 35.1 Å². The van der Waals surface area contributed by atoms with Crippen molar-refractivity contribution in [1.29, 1.82) is 0 Å². The highest BCUT2D eigenvalue weighted by Crippen LogP contribution is 2.32. The van der Waals surface area contributed by atoms with Gasteiger partial charge >= 0.3 is 5.69 Å². The fourth-order valence-electron chi connectivity index (χ4n) is 5.57. The van der Waals surface area contributed by atoms with E-state index in [1.807, 2.05) is 0 Å². The smallest absolute Gasteiger partial charge is 0.368 e. The first-order valence-electron chi connectivity index (χ1n) is 13.2. The summed E-state index contributed by atoms with van der Waals surface area (Å²) in [6, 6.07) is 5.29. The zero-order valence-corrected chi connectivity index (χ0v) is 23.0. The molecule has 0 bridgehead atoms. The lowest BCUT2D eigenvalue weighted by Gasteiger charge is -2.46. The predicted octanol–water partition coefficient (Wildman–Crippen LogP) is 2.92. The largest absolute Gasteiger partial charge is 0.488 e. The standard InChI is InChI=1S/C26H36FN9O3/c1-25(2)13-17(14-26(3,4)32-25)29-22-19(27)15-28-23(31-22)30-16-6-7-21(39-18-8-10-38-11-9-18)20(12-16)36-24(37)35(5)33-34-36/h6-7,12,15,17-18,32H,8-11,13-14H2,1-5H3,(H2,28,29,30,31). The summed E-state index contributed by atoms with van der Waals surface area (Å²) in [6.45, 7) is 9.80. The minimum Gasteiger partial charge on any atom is -0.488 e. The summed E-state index contributed by atoms with van der Waals surface area (Å²) in [5.74, 6) is 0.313. The quantitative estimate of drug-likeness (QED) is 0.410. The molecule has 5 rings (SSSR count). The third kappa shape index (κ3) is 6.36. The van der Waals surface area contributed by atoms with Gasteiger partial charge in [0.05, 0.1) is 19.4 Å². The van der Waals surface area contributed by atoms with E-state index in [-0.39, 0.29) is 35.0 Å². The first kappa shape index (κ1) is 27.0. The van der Waals surface area contributed by atoms with E-state index in [0.29, 0.717) is 30.3 Å². The Bertz CT molecular complexity index is 1370. The van der Waals surface area contributed by atoms with Crippen LogP contribution in [0.5, 0.6) is 5.75 Å².